The highest BCUT2D eigenvalue weighted by atomic mass is 35.5. The highest BCUT2D eigenvalue weighted by molar-refractivity contribution is 6.34. The number of hydrogen-bond donors (Lipinski definition) is 3. The van der Waals surface area contributed by atoms with Gasteiger partial charge in [0.15, 0.2) is 0 Å². The van der Waals surface area contributed by atoms with Crippen molar-refractivity contribution in [1.82, 2.24) is 0 Å². The number of rotatable bonds is 6. The molecule has 1 aliphatic rings. The first-order chi connectivity index (χ1) is 16.5. The lowest BCUT2D eigenvalue weighted by Crippen LogP contribution is -2.31. The van der Waals surface area contributed by atoms with E-state index in [-0.39, 0.29) is 11.9 Å². The van der Waals surface area contributed by atoms with Crippen molar-refractivity contribution in [2.24, 2.45) is 0 Å². The van der Waals surface area contributed by atoms with Gasteiger partial charge in [-0.25, -0.2) is 4.79 Å². The first kappa shape index (κ1) is 23.6. The number of carbonyl (C=O) groups is 2. The van der Waals surface area contributed by atoms with Gasteiger partial charge in [0, 0.05) is 24.5 Å². The standard InChI is InChI=1S/C27H29ClN4O2/c1-2-19-10-12-20(13-11-19)30-27(34)31-24-18-21(14-15-25(24)32-16-6-3-7-17-32)29-26(33)22-8-4-5-9-23(22)28/h4-5,8-15,18H,2-3,6-7,16-17H2,1H3,(H,29,33)(H2,30,31,34). The second kappa shape index (κ2) is 11.1. The number of piperidine rings is 1. The highest BCUT2D eigenvalue weighted by Gasteiger charge is 2.18. The van der Waals surface area contributed by atoms with Crippen LogP contribution in [0.4, 0.5) is 27.5 Å². The van der Waals surface area contributed by atoms with Crippen molar-refractivity contribution in [3.05, 3.63) is 82.9 Å². The minimum absolute atomic E-state index is 0.303. The summed E-state index contributed by atoms with van der Waals surface area (Å²) in [5.74, 6) is -0.303. The van der Waals surface area contributed by atoms with E-state index in [1.807, 2.05) is 36.4 Å². The molecule has 0 aromatic heterocycles. The van der Waals surface area contributed by atoms with Crippen LogP contribution in [0, 0.1) is 0 Å². The van der Waals surface area contributed by atoms with Crippen LogP contribution in [0.2, 0.25) is 5.02 Å². The minimum Gasteiger partial charge on any atom is -0.370 e. The third-order valence-corrected chi connectivity index (χ3v) is 6.27. The second-order valence-corrected chi connectivity index (χ2v) is 8.75. The van der Waals surface area contributed by atoms with Gasteiger partial charge in [-0.1, -0.05) is 42.8 Å². The molecule has 0 spiro atoms. The summed E-state index contributed by atoms with van der Waals surface area (Å²) in [6, 6.07) is 19.9. The van der Waals surface area contributed by atoms with Crippen LogP contribution in [0.15, 0.2) is 66.7 Å². The van der Waals surface area contributed by atoms with Gasteiger partial charge in [-0.3, -0.25) is 4.79 Å². The van der Waals surface area contributed by atoms with Crippen LogP contribution in [-0.4, -0.2) is 25.0 Å². The summed E-state index contributed by atoms with van der Waals surface area (Å²) < 4.78 is 0. The largest absolute Gasteiger partial charge is 0.370 e. The molecule has 1 heterocycles. The van der Waals surface area contributed by atoms with Crippen LogP contribution in [0.1, 0.15) is 42.1 Å². The molecule has 34 heavy (non-hydrogen) atoms. The highest BCUT2D eigenvalue weighted by Crippen LogP contribution is 2.32. The molecule has 0 unspecified atom stereocenters. The molecule has 0 radical (unpaired) electrons. The van der Waals surface area contributed by atoms with Crippen molar-refractivity contribution >= 4 is 46.3 Å². The lowest BCUT2D eigenvalue weighted by atomic mass is 10.1. The third-order valence-electron chi connectivity index (χ3n) is 5.94. The number of benzene rings is 3. The number of nitrogens with one attached hydrogen (secondary N) is 3. The molecule has 3 aromatic rings. The van der Waals surface area contributed by atoms with Gasteiger partial charge >= 0.3 is 6.03 Å². The van der Waals surface area contributed by atoms with Crippen LogP contribution >= 0.6 is 11.6 Å². The summed E-state index contributed by atoms with van der Waals surface area (Å²) >= 11 is 6.18. The fraction of sp³-hybridized carbons (Fsp3) is 0.259. The summed E-state index contributed by atoms with van der Waals surface area (Å²) in [4.78, 5) is 27.8. The van der Waals surface area contributed by atoms with Gasteiger partial charge in [-0.2, -0.15) is 0 Å². The molecule has 0 aliphatic carbocycles. The van der Waals surface area contributed by atoms with Crippen molar-refractivity contribution in [2.45, 2.75) is 32.6 Å². The van der Waals surface area contributed by atoms with Crippen LogP contribution in [0.3, 0.4) is 0 Å². The first-order valence-corrected chi connectivity index (χ1v) is 12.0. The molecule has 3 aromatic carbocycles. The molecule has 6 nitrogen and oxygen atoms in total. The Morgan fingerprint density at radius 3 is 2.26 bits per heavy atom. The summed E-state index contributed by atoms with van der Waals surface area (Å²) in [5, 5.41) is 9.15. The molecule has 4 rings (SSSR count). The van der Waals surface area contributed by atoms with E-state index in [0.29, 0.717) is 22.0 Å². The average molecular weight is 477 g/mol. The number of aryl methyl sites for hydroxylation is 1. The van der Waals surface area contributed by atoms with Gasteiger partial charge in [0.05, 0.1) is 22.0 Å². The van der Waals surface area contributed by atoms with Gasteiger partial charge in [-0.05, 0) is 73.7 Å². The van der Waals surface area contributed by atoms with E-state index in [1.54, 1.807) is 30.3 Å². The Hall–Kier alpha value is -3.51. The van der Waals surface area contributed by atoms with Crippen LogP contribution < -0.4 is 20.9 Å². The molecule has 3 amide bonds. The normalized spacial score (nSPS) is 13.3. The fourth-order valence-electron chi connectivity index (χ4n) is 4.08. The van der Waals surface area contributed by atoms with Crippen LogP contribution in [0.5, 0.6) is 0 Å². The average Bonchev–Trinajstić information content (AvgIpc) is 2.85. The van der Waals surface area contributed by atoms with E-state index in [4.69, 9.17) is 11.6 Å². The number of urea groups is 1. The number of amides is 3. The zero-order valence-corrected chi connectivity index (χ0v) is 20.0. The number of hydrogen-bond acceptors (Lipinski definition) is 3. The molecular formula is C27H29ClN4O2. The molecule has 0 bridgehead atoms. The van der Waals surface area contributed by atoms with E-state index in [9.17, 15) is 9.59 Å². The minimum atomic E-state index is -0.336. The van der Waals surface area contributed by atoms with E-state index in [2.05, 4.69) is 27.8 Å². The first-order valence-electron chi connectivity index (χ1n) is 11.7. The van der Waals surface area contributed by atoms with E-state index < -0.39 is 0 Å². The zero-order valence-electron chi connectivity index (χ0n) is 19.2. The summed E-state index contributed by atoms with van der Waals surface area (Å²) in [6.45, 7) is 3.95. The Morgan fingerprint density at radius 2 is 1.56 bits per heavy atom. The smallest absolute Gasteiger partial charge is 0.323 e. The Labute approximate surface area is 205 Å². The number of anilines is 4. The molecule has 1 aliphatic heterocycles. The van der Waals surface area contributed by atoms with Gasteiger partial charge in [0.25, 0.3) is 5.91 Å². The lowest BCUT2D eigenvalue weighted by molar-refractivity contribution is 0.102. The lowest BCUT2D eigenvalue weighted by Gasteiger charge is -2.31. The van der Waals surface area contributed by atoms with Gasteiger partial charge in [-0.15, -0.1) is 0 Å². The predicted octanol–water partition coefficient (Wildman–Crippen LogP) is 6.79. The molecule has 0 atom stereocenters. The molecule has 3 N–H and O–H groups in total. The molecule has 1 saturated heterocycles. The molecule has 176 valence electrons. The van der Waals surface area contributed by atoms with Crippen molar-refractivity contribution in [3.8, 4) is 0 Å². The van der Waals surface area contributed by atoms with Gasteiger partial charge in [0.1, 0.15) is 0 Å². The quantitative estimate of drug-likeness (QED) is 0.366. The number of carbonyl (C=O) groups excluding carboxylic acids is 2. The van der Waals surface area contributed by atoms with Crippen molar-refractivity contribution in [1.29, 1.82) is 0 Å². The summed E-state index contributed by atoms with van der Waals surface area (Å²) in [6.07, 6.45) is 4.37. The maximum Gasteiger partial charge on any atom is 0.323 e. The van der Waals surface area contributed by atoms with Crippen molar-refractivity contribution in [2.75, 3.05) is 33.9 Å². The number of halogens is 1. The van der Waals surface area contributed by atoms with Crippen molar-refractivity contribution in [3.63, 3.8) is 0 Å². The molecule has 1 fully saturated rings. The zero-order chi connectivity index (χ0) is 23.9. The fourth-order valence-corrected chi connectivity index (χ4v) is 4.30. The van der Waals surface area contributed by atoms with Gasteiger partial charge in [0.2, 0.25) is 0 Å². The summed E-state index contributed by atoms with van der Waals surface area (Å²) in [7, 11) is 0. The Bertz CT molecular complexity index is 1160. The van der Waals surface area contributed by atoms with E-state index in [1.165, 1.54) is 12.0 Å². The maximum atomic E-state index is 12.8. The Morgan fingerprint density at radius 1 is 0.853 bits per heavy atom. The third kappa shape index (κ3) is 5.88. The predicted molar refractivity (Wildman–Crippen MR) is 140 cm³/mol. The molecule has 0 saturated carbocycles. The maximum absolute atomic E-state index is 12.8. The topological polar surface area (TPSA) is 73.5 Å². The monoisotopic (exact) mass is 476 g/mol. The Kier molecular flexibility index (Phi) is 7.70. The summed E-state index contributed by atoms with van der Waals surface area (Å²) in [5.41, 5.74) is 4.48. The van der Waals surface area contributed by atoms with E-state index >= 15 is 0 Å². The SMILES string of the molecule is CCc1ccc(NC(=O)Nc2cc(NC(=O)c3ccccc3Cl)ccc2N2CCCCC2)cc1. The number of nitrogens with zero attached hydrogens (tertiary/aromatic N) is 1. The van der Waals surface area contributed by atoms with Crippen LogP contribution in [-0.2, 0) is 6.42 Å². The van der Waals surface area contributed by atoms with Crippen molar-refractivity contribution < 1.29 is 9.59 Å². The molecule has 7 heteroatoms. The second-order valence-electron chi connectivity index (χ2n) is 8.34. The Balaban J connectivity index is 1.55. The van der Waals surface area contributed by atoms with Crippen LogP contribution in [0.25, 0.3) is 0 Å². The van der Waals surface area contributed by atoms with E-state index in [0.717, 1.165) is 43.7 Å². The molecular weight excluding hydrogens is 448 g/mol. The van der Waals surface area contributed by atoms with Gasteiger partial charge < -0.3 is 20.9 Å².